The molecule has 0 aromatic heterocycles. The number of carbonyl (C=O) groups excluding carboxylic acids is 2. The van der Waals surface area contributed by atoms with E-state index in [4.69, 9.17) is 18.5 Å². The number of phosphoric ester groups is 1. The number of esters is 2. The van der Waals surface area contributed by atoms with Gasteiger partial charge in [0, 0.05) is 12.8 Å². The molecule has 0 radical (unpaired) electrons. The Morgan fingerprint density at radius 3 is 1.77 bits per heavy atom. The standard InChI is InChI=1S/C45H77O14P/c1-3-5-7-9-11-12-13-14-15-16-20-24-28-32-38(47)56-34-37(35-57-60(54,55)59-45-43(52)41(50)40(49)42(51)44(45)53)58-39(48)33-29-25-21-18-17-19-23-27-31-36(46)30-26-22-10-8-6-4-2/h6,8,18-19,21-23,26-27,31,36-37,40-46,49-53H,3-5,7,9-17,20,24-25,28-30,32-35H2,1-2H3,(H,54,55)/b8-6-,21-18-,23-19-,26-22-,31-27+/t36?,37-,40?,41-,42+,43-,44-,45?/m1/s1. The normalized spacial score (nSPS) is 23.3. The van der Waals surface area contributed by atoms with E-state index in [0.29, 0.717) is 32.1 Å². The lowest BCUT2D eigenvalue weighted by Crippen LogP contribution is -2.64. The summed E-state index contributed by atoms with van der Waals surface area (Å²) >= 11 is 0. The second kappa shape index (κ2) is 35.0. The van der Waals surface area contributed by atoms with Crippen LogP contribution in [0.5, 0.6) is 0 Å². The molecule has 14 nitrogen and oxygen atoms in total. The molecule has 7 N–H and O–H groups in total. The molecule has 0 bridgehead atoms. The van der Waals surface area contributed by atoms with Gasteiger partial charge in [0.1, 0.15) is 43.2 Å². The first kappa shape index (κ1) is 55.5. The largest absolute Gasteiger partial charge is 0.472 e. The lowest BCUT2D eigenvalue weighted by molar-refractivity contribution is -0.220. The number of ether oxygens (including phenoxy) is 2. The first-order valence-corrected chi connectivity index (χ1v) is 23.7. The number of unbranched alkanes of at least 4 members (excludes halogenated alkanes) is 13. The average Bonchev–Trinajstić information content (AvgIpc) is 3.22. The van der Waals surface area contributed by atoms with E-state index in [1.807, 2.05) is 36.5 Å². The Morgan fingerprint density at radius 1 is 0.617 bits per heavy atom. The number of aliphatic hydroxyl groups is 6. The van der Waals surface area contributed by atoms with Crippen molar-refractivity contribution in [3.63, 3.8) is 0 Å². The van der Waals surface area contributed by atoms with Gasteiger partial charge in [0.05, 0.1) is 12.7 Å². The van der Waals surface area contributed by atoms with Crippen LogP contribution in [0.2, 0.25) is 0 Å². The van der Waals surface area contributed by atoms with Crippen LogP contribution in [0.15, 0.2) is 60.8 Å². The lowest BCUT2D eigenvalue weighted by atomic mass is 9.85. The van der Waals surface area contributed by atoms with Crippen molar-refractivity contribution in [2.45, 2.75) is 198 Å². The van der Waals surface area contributed by atoms with Crippen LogP contribution in [-0.2, 0) is 32.7 Å². The number of carbonyl (C=O) groups is 2. The molecule has 0 aliphatic heterocycles. The van der Waals surface area contributed by atoms with E-state index in [1.54, 1.807) is 12.2 Å². The molecule has 0 aromatic carbocycles. The highest BCUT2D eigenvalue weighted by atomic mass is 31.2. The predicted molar refractivity (Wildman–Crippen MR) is 232 cm³/mol. The van der Waals surface area contributed by atoms with E-state index in [0.717, 1.165) is 32.1 Å². The molecule has 1 fully saturated rings. The number of hydrogen-bond acceptors (Lipinski definition) is 13. The minimum Gasteiger partial charge on any atom is -0.462 e. The van der Waals surface area contributed by atoms with Crippen LogP contribution < -0.4 is 0 Å². The van der Waals surface area contributed by atoms with Gasteiger partial charge in [-0.3, -0.25) is 18.6 Å². The molecular formula is C45H77O14P. The van der Waals surface area contributed by atoms with Crippen molar-refractivity contribution >= 4 is 19.8 Å². The zero-order valence-corrected chi connectivity index (χ0v) is 37.0. The van der Waals surface area contributed by atoms with Gasteiger partial charge in [-0.2, -0.15) is 0 Å². The summed E-state index contributed by atoms with van der Waals surface area (Å²) in [4.78, 5) is 35.6. The Morgan fingerprint density at radius 2 is 1.15 bits per heavy atom. The molecule has 0 saturated heterocycles. The zero-order chi connectivity index (χ0) is 44.4. The molecule has 1 aliphatic carbocycles. The highest BCUT2D eigenvalue weighted by molar-refractivity contribution is 7.47. The first-order valence-electron chi connectivity index (χ1n) is 22.2. The van der Waals surface area contributed by atoms with Crippen molar-refractivity contribution < 1.29 is 68.2 Å². The number of rotatable bonds is 35. The Hall–Kier alpha value is -2.49. The van der Waals surface area contributed by atoms with Crippen LogP contribution >= 0.6 is 7.82 Å². The van der Waals surface area contributed by atoms with Crippen molar-refractivity contribution in [3.8, 4) is 0 Å². The molecular weight excluding hydrogens is 795 g/mol. The second-order valence-electron chi connectivity index (χ2n) is 15.4. The highest BCUT2D eigenvalue weighted by Crippen LogP contribution is 2.47. The monoisotopic (exact) mass is 873 g/mol. The second-order valence-corrected chi connectivity index (χ2v) is 16.8. The summed E-state index contributed by atoms with van der Waals surface area (Å²) < 4.78 is 33.4. The van der Waals surface area contributed by atoms with Gasteiger partial charge in [0.15, 0.2) is 6.10 Å². The average molecular weight is 873 g/mol. The Balaban J connectivity index is 2.56. The molecule has 0 amide bonds. The molecule has 60 heavy (non-hydrogen) atoms. The minimum absolute atomic E-state index is 0.0145. The fourth-order valence-corrected chi connectivity index (χ4v) is 7.32. The van der Waals surface area contributed by atoms with Crippen molar-refractivity contribution in [2.24, 2.45) is 0 Å². The summed E-state index contributed by atoms with van der Waals surface area (Å²) in [5.41, 5.74) is 0. The summed E-state index contributed by atoms with van der Waals surface area (Å²) in [5.74, 6) is -1.21. The smallest absolute Gasteiger partial charge is 0.462 e. The number of aliphatic hydroxyl groups excluding tert-OH is 6. The molecule has 0 spiro atoms. The van der Waals surface area contributed by atoms with E-state index >= 15 is 0 Å². The first-order chi connectivity index (χ1) is 28.8. The lowest BCUT2D eigenvalue weighted by Gasteiger charge is -2.41. The summed E-state index contributed by atoms with van der Waals surface area (Å²) in [7, 11) is -5.15. The van der Waals surface area contributed by atoms with Crippen molar-refractivity contribution in [1.82, 2.24) is 0 Å². The fraction of sp³-hybridized carbons (Fsp3) is 0.733. The van der Waals surface area contributed by atoms with Gasteiger partial charge in [-0.1, -0.05) is 152 Å². The number of phosphoric acid groups is 1. The van der Waals surface area contributed by atoms with Crippen LogP contribution in [0, 0.1) is 0 Å². The van der Waals surface area contributed by atoms with Crippen molar-refractivity contribution in [2.75, 3.05) is 13.2 Å². The van der Waals surface area contributed by atoms with Crippen LogP contribution in [0.1, 0.15) is 149 Å². The fourth-order valence-electron chi connectivity index (χ4n) is 6.35. The summed E-state index contributed by atoms with van der Waals surface area (Å²) in [6.07, 6.45) is 24.5. The van der Waals surface area contributed by atoms with E-state index < -0.39 is 81.8 Å². The third-order valence-corrected chi connectivity index (χ3v) is 10.9. The van der Waals surface area contributed by atoms with Gasteiger partial charge in [0.25, 0.3) is 0 Å². The van der Waals surface area contributed by atoms with Gasteiger partial charge in [-0.25, -0.2) is 4.57 Å². The maximum absolute atomic E-state index is 12.8. The van der Waals surface area contributed by atoms with Crippen molar-refractivity contribution in [1.29, 1.82) is 0 Å². The van der Waals surface area contributed by atoms with Gasteiger partial charge >= 0.3 is 19.8 Å². The van der Waals surface area contributed by atoms with Crippen LogP contribution in [0.25, 0.3) is 0 Å². The van der Waals surface area contributed by atoms with Gasteiger partial charge in [-0.05, 0) is 44.9 Å². The van der Waals surface area contributed by atoms with Gasteiger partial charge in [0.2, 0.25) is 0 Å². The summed E-state index contributed by atoms with van der Waals surface area (Å²) in [5, 5.41) is 60.1. The molecule has 9 atom stereocenters. The van der Waals surface area contributed by atoms with Crippen LogP contribution in [0.4, 0.5) is 0 Å². The van der Waals surface area contributed by atoms with E-state index in [-0.39, 0.29) is 12.8 Å². The highest BCUT2D eigenvalue weighted by Gasteiger charge is 2.51. The Labute approximate surface area is 358 Å². The quantitative estimate of drug-likeness (QED) is 0.0110. The van der Waals surface area contributed by atoms with Crippen LogP contribution in [0.3, 0.4) is 0 Å². The van der Waals surface area contributed by atoms with E-state index in [9.17, 15) is 49.7 Å². The summed E-state index contributed by atoms with van der Waals surface area (Å²) in [6, 6.07) is 0. The van der Waals surface area contributed by atoms with E-state index in [1.165, 1.54) is 57.8 Å². The number of hydrogen-bond donors (Lipinski definition) is 7. The van der Waals surface area contributed by atoms with E-state index in [2.05, 4.69) is 26.0 Å². The van der Waals surface area contributed by atoms with Crippen LogP contribution in [-0.4, -0.2) is 110 Å². The Bertz CT molecular complexity index is 1300. The Kier molecular flexibility index (Phi) is 32.4. The molecule has 15 heteroatoms. The molecule has 0 aromatic rings. The molecule has 346 valence electrons. The minimum atomic E-state index is -5.15. The topological polar surface area (TPSA) is 230 Å². The third kappa shape index (κ3) is 27.5. The zero-order valence-electron chi connectivity index (χ0n) is 36.1. The summed E-state index contributed by atoms with van der Waals surface area (Å²) in [6.45, 7) is 3.05. The molecule has 0 heterocycles. The maximum Gasteiger partial charge on any atom is 0.472 e. The van der Waals surface area contributed by atoms with Gasteiger partial charge < -0.3 is 45.0 Å². The molecule has 1 saturated carbocycles. The van der Waals surface area contributed by atoms with Gasteiger partial charge in [-0.15, -0.1) is 0 Å². The molecule has 4 unspecified atom stereocenters. The molecule has 1 rings (SSSR count). The van der Waals surface area contributed by atoms with Crippen molar-refractivity contribution in [3.05, 3.63) is 60.8 Å². The maximum atomic E-state index is 12.8. The third-order valence-electron chi connectivity index (χ3n) is 9.95. The molecule has 1 aliphatic rings. The number of allylic oxidation sites excluding steroid dienone is 8. The predicted octanol–water partition coefficient (Wildman–Crippen LogP) is 7.14. The SMILES string of the molecule is CC/C=C\C/C=C\CC(O)/C=C/C=C\C/C=C\CCCC(=O)O[C@H](COC(=O)CCCCCCCCCCCCCCC)COP(=O)(O)OC1[C@H](O)[C@H](O)C(O)[C@H](O)[C@H]1O.